The fraction of sp³-hybridized carbons (Fsp3) is 0.489. The number of piperazine rings is 1. The monoisotopic (exact) mass is 834 g/mol. The number of halogens is 1. The molecule has 14 nitrogen and oxygen atoms in total. The SMILES string of the molecule is CC1(C)C(Oc2ccc(C#N)c(Cl)c2)C(C)(C)C1N1C(=O)CCC(N2C(=O)c3ccc(N4CCC(CCN5CCN(c6ccc(C(N)=O)cn6)CC5)CC4)cc3C2=O)C1=O. The first-order valence-corrected chi connectivity index (χ1v) is 21.2. The van der Waals surface area contributed by atoms with E-state index >= 15 is 0 Å². The van der Waals surface area contributed by atoms with E-state index in [0.717, 1.165) is 81.5 Å². The topological polar surface area (TPSA) is 173 Å². The minimum absolute atomic E-state index is 0.0190. The van der Waals surface area contributed by atoms with Crippen LogP contribution >= 0.6 is 11.6 Å². The van der Waals surface area contributed by atoms with Gasteiger partial charge < -0.3 is 20.3 Å². The van der Waals surface area contributed by atoms with E-state index < -0.39 is 52.6 Å². The number of primary amides is 1. The van der Waals surface area contributed by atoms with Gasteiger partial charge in [-0.2, -0.15) is 5.26 Å². The second-order valence-electron chi connectivity index (χ2n) is 18.0. The third-order valence-electron chi connectivity index (χ3n) is 13.5. The molecule has 3 aromatic rings. The van der Waals surface area contributed by atoms with E-state index in [1.807, 2.05) is 45.9 Å². The Morgan fingerprint density at radius 3 is 2.20 bits per heavy atom. The number of piperidine rings is 2. The smallest absolute Gasteiger partial charge is 0.262 e. The number of carbonyl (C=O) groups is 5. The van der Waals surface area contributed by atoms with Gasteiger partial charge in [-0.25, -0.2) is 4.98 Å². The summed E-state index contributed by atoms with van der Waals surface area (Å²) in [6, 6.07) is 14.2. The van der Waals surface area contributed by atoms with E-state index in [1.165, 1.54) is 11.1 Å². The molecule has 1 saturated carbocycles. The number of imide groups is 2. The molecule has 1 aromatic heterocycles. The molecule has 2 N–H and O–H groups in total. The van der Waals surface area contributed by atoms with Crippen molar-refractivity contribution in [2.45, 2.75) is 78.0 Å². The van der Waals surface area contributed by atoms with Crippen molar-refractivity contribution in [3.63, 3.8) is 0 Å². The van der Waals surface area contributed by atoms with E-state index in [9.17, 15) is 29.2 Å². The first-order chi connectivity index (χ1) is 28.6. The van der Waals surface area contributed by atoms with Crippen LogP contribution in [0.1, 0.15) is 96.4 Å². The summed E-state index contributed by atoms with van der Waals surface area (Å²) in [7, 11) is 0. The fourth-order valence-electron chi connectivity index (χ4n) is 10.7. The Kier molecular flexibility index (Phi) is 10.9. The van der Waals surface area contributed by atoms with Crippen molar-refractivity contribution in [2.24, 2.45) is 22.5 Å². The summed E-state index contributed by atoms with van der Waals surface area (Å²) in [6.45, 7) is 14.1. The van der Waals surface area contributed by atoms with Crippen molar-refractivity contribution in [1.82, 2.24) is 19.7 Å². The molecule has 0 spiro atoms. The number of hydrogen-bond donors (Lipinski definition) is 1. The highest BCUT2D eigenvalue weighted by Gasteiger charge is 2.68. The van der Waals surface area contributed by atoms with Crippen LogP contribution in [0.25, 0.3) is 0 Å². The summed E-state index contributed by atoms with van der Waals surface area (Å²) in [6.07, 6.45) is 4.34. The minimum Gasteiger partial charge on any atom is -0.489 e. The van der Waals surface area contributed by atoms with Gasteiger partial charge in [-0.15, -0.1) is 0 Å². The maximum absolute atomic E-state index is 14.4. The number of fused-ring (bicyclic) bond motifs is 1. The molecule has 0 bridgehead atoms. The average molecular weight is 835 g/mol. The number of nitriles is 1. The number of pyridine rings is 1. The van der Waals surface area contributed by atoms with Gasteiger partial charge in [0.25, 0.3) is 17.7 Å². The Labute approximate surface area is 355 Å². The Morgan fingerprint density at radius 1 is 0.867 bits per heavy atom. The number of rotatable bonds is 10. The number of hydrogen-bond acceptors (Lipinski definition) is 11. The molecular formula is C45H51ClN8O6. The van der Waals surface area contributed by atoms with Crippen LogP contribution in [-0.4, -0.2) is 113 Å². The average Bonchev–Trinajstić information content (AvgIpc) is 3.48. The predicted octanol–water partition coefficient (Wildman–Crippen LogP) is 5.13. The molecular weight excluding hydrogens is 784 g/mol. The normalized spacial score (nSPS) is 24.3. The van der Waals surface area contributed by atoms with Gasteiger partial charge in [0.05, 0.1) is 33.3 Å². The number of anilines is 2. The van der Waals surface area contributed by atoms with Crippen molar-refractivity contribution in [1.29, 1.82) is 5.26 Å². The van der Waals surface area contributed by atoms with Crippen LogP contribution in [0, 0.1) is 28.1 Å². The Morgan fingerprint density at radius 2 is 1.57 bits per heavy atom. The number of benzene rings is 2. The molecule has 60 heavy (non-hydrogen) atoms. The van der Waals surface area contributed by atoms with E-state index in [4.69, 9.17) is 22.1 Å². The molecule has 314 valence electrons. The van der Waals surface area contributed by atoms with Crippen LogP contribution in [0.5, 0.6) is 5.75 Å². The number of nitrogens with two attached hydrogens (primary N) is 1. The van der Waals surface area contributed by atoms with Gasteiger partial charge in [-0.1, -0.05) is 39.3 Å². The molecule has 15 heteroatoms. The second-order valence-corrected chi connectivity index (χ2v) is 18.4. The Hall–Kier alpha value is -5.52. The van der Waals surface area contributed by atoms with Crippen molar-refractivity contribution in [3.8, 4) is 11.8 Å². The largest absolute Gasteiger partial charge is 0.489 e. The van der Waals surface area contributed by atoms with Gasteiger partial charge in [-0.3, -0.25) is 38.7 Å². The molecule has 8 rings (SSSR count). The van der Waals surface area contributed by atoms with Crippen molar-refractivity contribution >= 4 is 52.6 Å². The molecule has 1 unspecified atom stereocenters. The molecule has 1 aliphatic carbocycles. The Bertz CT molecular complexity index is 2260. The molecule has 5 aliphatic rings. The van der Waals surface area contributed by atoms with Gasteiger partial charge in [-0.05, 0) is 80.6 Å². The number of carbonyl (C=O) groups excluding carboxylic acids is 5. The van der Waals surface area contributed by atoms with Crippen molar-refractivity contribution in [3.05, 3.63) is 82.0 Å². The summed E-state index contributed by atoms with van der Waals surface area (Å²) >= 11 is 6.28. The van der Waals surface area contributed by atoms with Crippen LogP contribution in [0.4, 0.5) is 11.5 Å². The number of ether oxygens (including phenoxy) is 1. The van der Waals surface area contributed by atoms with Crippen molar-refractivity contribution < 1.29 is 28.7 Å². The fourth-order valence-corrected chi connectivity index (χ4v) is 10.9. The zero-order chi connectivity index (χ0) is 42.7. The highest BCUT2D eigenvalue weighted by molar-refractivity contribution is 6.31. The van der Waals surface area contributed by atoms with Crippen LogP contribution < -0.4 is 20.3 Å². The highest BCUT2D eigenvalue weighted by atomic mass is 35.5. The second kappa shape index (κ2) is 15.8. The molecule has 0 radical (unpaired) electrons. The summed E-state index contributed by atoms with van der Waals surface area (Å²) in [4.78, 5) is 81.1. The van der Waals surface area contributed by atoms with E-state index in [2.05, 4.69) is 19.7 Å². The summed E-state index contributed by atoms with van der Waals surface area (Å²) in [5.74, 6) is -0.484. The van der Waals surface area contributed by atoms with Gasteiger partial charge >= 0.3 is 0 Å². The lowest BCUT2D eigenvalue weighted by atomic mass is 9.48. The quantitative estimate of drug-likeness (QED) is 0.269. The molecule has 4 fully saturated rings. The Balaban J connectivity index is 0.866. The van der Waals surface area contributed by atoms with E-state index in [-0.39, 0.29) is 34.9 Å². The number of nitrogens with zero attached hydrogens (tertiary/aromatic N) is 7. The van der Waals surface area contributed by atoms with Gasteiger partial charge in [0.15, 0.2) is 0 Å². The molecule has 1 atom stereocenters. The van der Waals surface area contributed by atoms with Gasteiger partial charge in [0, 0.05) is 74.5 Å². The van der Waals surface area contributed by atoms with E-state index in [0.29, 0.717) is 22.8 Å². The number of aromatic nitrogens is 1. The van der Waals surface area contributed by atoms with Crippen LogP contribution in [0.15, 0.2) is 54.7 Å². The lowest BCUT2D eigenvalue weighted by Gasteiger charge is -2.65. The zero-order valence-corrected chi connectivity index (χ0v) is 35.3. The van der Waals surface area contributed by atoms with Crippen molar-refractivity contribution in [2.75, 3.05) is 55.6 Å². The van der Waals surface area contributed by atoms with Crippen LogP contribution in [-0.2, 0) is 9.59 Å². The first kappa shape index (κ1) is 41.2. The number of likely N-dealkylation sites (tertiary alicyclic amines) is 1. The molecule has 5 heterocycles. The minimum atomic E-state index is -1.10. The summed E-state index contributed by atoms with van der Waals surface area (Å²) in [5.41, 5.74) is 6.13. The van der Waals surface area contributed by atoms with Gasteiger partial charge in [0.1, 0.15) is 29.8 Å². The summed E-state index contributed by atoms with van der Waals surface area (Å²) < 4.78 is 6.40. The van der Waals surface area contributed by atoms with E-state index in [1.54, 1.807) is 36.4 Å². The van der Waals surface area contributed by atoms with Crippen LogP contribution in [0.2, 0.25) is 5.02 Å². The first-order valence-electron chi connectivity index (χ1n) is 20.8. The third kappa shape index (κ3) is 7.25. The standard InChI is InChI=1S/C45H51ClN8O6/c1-44(2)42(45(3,4)43(44)60-31-8-5-28(25-47)34(46)24-31)54-37(55)12-10-35(41(54)59)53-39(57)32-9-7-30(23-33(32)40(53)58)51-17-14-27(15-18-51)13-16-50-19-21-52(22-20-50)36-11-6-29(26-49-36)38(48)56/h5-9,11,23-24,26-27,35,42-43H,10,12-22H2,1-4H3,(H2,48,56). The lowest BCUT2D eigenvalue weighted by Crippen LogP contribution is -2.77. The maximum atomic E-state index is 14.4. The maximum Gasteiger partial charge on any atom is 0.262 e. The number of amides is 5. The van der Waals surface area contributed by atoms with Crippen LogP contribution in [0.3, 0.4) is 0 Å². The molecule has 3 saturated heterocycles. The lowest BCUT2D eigenvalue weighted by molar-refractivity contribution is -0.216. The molecule has 4 aliphatic heterocycles. The van der Waals surface area contributed by atoms with Gasteiger partial charge in [0.2, 0.25) is 11.8 Å². The highest BCUT2D eigenvalue weighted by Crippen LogP contribution is 2.58. The zero-order valence-electron chi connectivity index (χ0n) is 34.5. The molecule has 5 amide bonds. The molecule has 2 aromatic carbocycles. The third-order valence-corrected chi connectivity index (χ3v) is 13.8. The predicted molar refractivity (Wildman–Crippen MR) is 225 cm³/mol. The summed E-state index contributed by atoms with van der Waals surface area (Å²) in [5, 5.41) is 9.55.